The summed E-state index contributed by atoms with van der Waals surface area (Å²) in [5, 5.41) is 10.2. The molecule has 0 aromatic carbocycles. The van der Waals surface area contributed by atoms with Crippen LogP contribution in [0.15, 0.2) is 22.8 Å². The van der Waals surface area contributed by atoms with Crippen LogP contribution < -0.4 is 0 Å². The van der Waals surface area contributed by atoms with Crippen LogP contribution in [0, 0.1) is 0 Å². The molecule has 0 bridgehead atoms. The number of hydrogen-bond donors (Lipinski definition) is 1. The molecule has 1 aromatic rings. The molecule has 1 fully saturated rings. The van der Waals surface area contributed by atoms with Crippen LogP contribution in [0.25, 0.3) is 0 Å². The minimum Gasteiger partial charge on any atom is -0.467 e. The maximum Gasteiger partial charge on any atom is 0.133 e. The van der Waals surface area contributed by atoms with Gasteiger partial charge in [0, 0.05) is 19.6 Å². The van der Waals surface area contributed by atoms with Crippen molar-refractivity contribution in [3.63, 3.8) is 0 Å². The van der Waals surface area contributed by atoms with Crippen molar-refractivity contribution < 1.29 is 9.52 Å². The molecule has 2 rings (SSSR count). The van der Waals surface area contributed by atoms with E-state index < -0.39 is 6.10 Å². The first kappa shape index (κ1) is 10.7. The molecule has 2 heterocycles. The molecule has 84 valence electrons. The first-order chi connectivity index (χ1) is 7.18. The van der Waals surface area contributed by atoms with Crippen LogP contribution >= 0.6 is 0 Å². The van der Waals surface area contributed by atoms with Gasteiger partial charge in [0.1, 0.15) is 11.9 Å². The van der Waals surface area contributed by atoms with Crippen molar-refractivity contribution in [1.29, 1.82) is 0 Å². The summed E-state index contributed by atoms with van der Waals surface area (Å²) in [6.07, 6.45) is 1.07. The molecule has 2 atom stereocenters. The van der Waals surface area contributed by atoms with E-state index >= 15 is 0 Å². The lowest BCUT2D eigenvalue weighted by Crippen LogP contribution is -2.52. The van der Waals surface area contributed by atoms with Crippen molar-refractivity contribution in [3.8, 4) is 0 Å². The van der Waals surface area contributed by atoms with Gasteiger partial charge in [0.05, 0.1) is 12.3 Å². The molecule has 0 spiro atoms. The van der Waals surface area contributed by atoms with Crippen LogP contribution in [-0.4, -0.2) is 54.7 Å². The second-order valence-corrected chi connectivity index (χ2v) is 4.27. The Hall–Kier alpha value is -0.840. The summed E-state index contributed by atoms with van der Waals surface area (Å²) in [6, 6.07) is 3.76. The first-order valence-corrected chi connectivity index (χ1v) is 5.28. The molecule has 1 aromatic heterocycles. The number of furan rings is 1. The van der Waals surface area contributed by atoms with Gasteiger partial charge in [-0.2, -0.15) is 0 Å². The summed E-state index contributed by atoms with van der Waals surface area (Å²) in [5.74, 6) is 0.655. The lowest BCUT2D eigenvalue weighted by molar-refractivity contribution is 0.00336. The van der Waals surface area contributed by atoms with Gasteiger partial charge in [-0.05, 0) is 26.2 Å². The van der Waals surface area contributed by atoms with Crippen molar-refractivity contribution in [2.75, 3.05) is 33.7 Å². The highest BCUT2D eigenvalue weighted by molar-refractivity contribution is 5.06. The van der Waals surface area contributed by atoms with Gasteiger partial charge in [0.25, 0.3) is 0 Å². The van der Waals surface area contributed by atoms with Crippen molar-refractivity contribution >= 4 is 0 Å². The standard InChI is InChI=1S/C11H18N2O2/c1-12-5-6-13(2)9(8-12)11(14)10-4-3-7-15-10/h3-4,7,9,11,14H,5-6,8H2,1-2H3. The zero-order chi connectivity index (χ0) is 10.8. The summed E-state index contributed by atoms with van der Waals surface area (Å²) in [5.41, 5.74) is 0. The second-order valence-electron chi connectivity index (χ2n) is 4.27. The van der Waals surface area contributed by atoms with Crippen molar-refractivity contribution in [3.05, 3.63) is 24.2 Å². The second kappa shape index (κ2) is 4.35. The average molecular weight is 210 g/mol. The van der Waals surface area contributed by atoms with Gasteiger partial charge in [-0.3, -0.25) is 4.90 Å². The van der Waals surface area contributed by atoms with Crippen molar-refractivity contribution in [2.24, 2.45) is 0 Å². The SMILES string of the molecule is CN1CCN(C)C(C(O)c2ccco2)C1. The smallest absolute Gasteiger partial charge is 0.133 e. The van der Waals surface area contributed by atoms with E-state index in [0.29, 0.717) is 5.76 Å². The fourth-order valence-electron chi connectivity index (χ4n) is 2.03. The number of aliphatic hydroxyl groups is 1. The van der Waals surface area contributed by atoms with Crippen LogP contribution in [0.5, 0.6) is 0 Å². The predicted octanol–water partition coefficient (Wildman–Crippen LogP) is 0.559. The van der Waals surface area contributed by atoms with E-state index in [1.54, 1.807) is 6.26 Å². The minimum atomic E-state index is -0.534. The predicted molar refractivity (Wildman–Crippen MR) is 57.6 cm³/mol. The molecule has 1 N–H and O–H groups in total. The Morgan fingerprint density at radius 2 is 2.27 bits per heavy atom. The highest BCUT2D eigenvalue weighted by Crippen LogP contribution is 2.23. The number of nitrogens with zero attached hydrogens (tertiary/aromatic N) is 2. The summed E-state index contributed by atoms with van der Waals surface area (Å²) < 4.78 is 5.24. The highest BCUT2D eigenvalue weighted by atomic mass is 16.4. The molecule has 4 heteroatoms. The largest absolute Gasteiger partial charge is 0.467 e. The summed E-state index contributed by atoms with van der Waals surface area (Å²) in [7, 11) is 4.12. The normalized spacial score (nSPS) is 26.7. The minimum absolute atomic E-state index is 0.120. The van der Waals surface area contributed by atoms with Crippen molar-refractivity contribution in [1.82, 2.24) is 9.80 Å². The fraction of sp³-hybridized carbons (Fsp3) is 0.636. The Morgan fingerprint density at radius 1 is 1.47 bits per heavy atom. The summed E-state index contributed by atoms with van der Waals surface area (Å²) >= 11 is 0. The lowest BCUT2D eigenvalue weighted by atomic mass is 10.0. The first-order valence-electron chi connectivity index (χ1n) is 5.28. The van der Waals surface area contributed by atoms with Crippen LogP contribution in [0.2, 0.25) is 0 Å². The summed E-state index contributed by atoms with van der Waals surface area (Å²) in [6.45, 7) is 2.91. The fourth-order valence-corrected chi connectivity index (χ4v) is 2.03. The van der Waals surface area contributed by atoms with Crippen molar-refractivity contribution in [2.45, 2.75) is 12.1 Å². The topological polar surface area (TPSA) is 39.9 Å². The molecule has 2 unspecified atom stereocenters. The Balaban J connectivity index is 2.08. The molecular weight excluding hydrogens is 192 g/mol. The van der Waals surface area contributed by atoms with Gasteiger partial charge >= 0.3 is 0 Å². The number of rotatable bonds is 2. The Labute approximate surface area is 90.1 Å². The number of hydrogen-bond acceptors (Lipinski definition) is 4. The number of piperazine rings is 1. The molecule has 4 nitrogen and oxygen atoms in total. The molecule has 15 heavy (non-hydrogen) atoms. The zero-order valence-corrected chi connectivity index (χ0v) is 9.26. The van der Waals surface area contributed by atoms with Gasteiger partial charge in [-0.15, -0.1) is 0 Å². The Kier molecular flexibility index (Phi) is 3.09. The van der Waals surface area contributed by atoms with Crippen LogP contribution in [0.4, 0.5) is 0 Å². The van der Waals surface area contributed by atoms with Gasteiger partial charge in [-0.25, -0.2) is 0 Å². The molecular formula is C11H18N2O2. The Morgan fingerprint density at radius 3 is 2.93 bits per heavy atom. The summed E-state index contributed by atoms with van der Waals surface area (Å²) in [4.78, 5) is 4.42. The molecule has 1 aliphatic heterocycles. The van der Waals surface area contributed by atoms with Gasteiger partial charge in [0.15, 0.2) is 0 Å². The van der Waals surface area contributed by atoms with E-state index in [1.165, 1.54) is 0 Å². The maximum absolute atomic E-state index is 10.2. The third kappa shape index (κ3) is 2.22. The molecule has 0 aliphatic carbocycles. The quantitative estimate of drug-likeness (QED) is 0.774. The molecule has 0 saturated carbocycles. The molecule has 0 radical (unpaired) electrons. The average Bonchev–Trinajstić information content (AvgIpc) is 2.74. The third-order valence-electron chi connectivity index (χ3n) is 3.10. The van der Waals surface area contributed by atoms with E-state index in [-0.39, 0.29) is 6.04 Å². The van der Waals surface area contributed by atoms with Gasteiger partial charge < -0.3 is 14.4 Å². The van der Waals surface area contributed by atoms with Crippen LogP contribution in [0.3, 0.4) is 0 Å². The number of likely N-dealkylation sites (N-methyl/N-ethyl adjacent to an activating group) is 2. The van der Waals surface area contributed by atoms with E-state index in [4.69, 9.17) is 4.42 Å². The van der Waals surface area contributed by atoms with Crippen LogP contribution in [0.1, 0.15) is 11.9 Å². The monoisotopic (exact) mass is 210 g/mol. The van der Waals surface area contributed by atoms with Gasteiger partial charge in [-0.1, -0.05) is 0 Å². The number of aliphatic hydroxyl groups excluding tert-OH is 1. The Bertz CT molecular complexity index is 300. The molecule has 0 amide bonds. The zero-order valence-electron chi connectivity index (χ0n) is 9.26. The van der Waals surface area contributed by atoms with E-state index in [1.807, 2.05) is 19.2 Å². The van der Waals surface area contributed by atoms with Gasteiger partial charge in [0.2, 0.25) is 0 Å². The molecule has 1 saturated heterocycles. The maximum atomic E-state index is 10.2. The van der Waals surface area contributed by atoms with E-state index in [0.717, 1.165) is 19.6 Å². The van der Waals surface area contributed by atoms with Crippen LogP contribution in [-0.2, 0) is 0 Å². The third-order valence-corrected chi connectivity index (χ3v) is 3.10. The lowest BCUT2D eigenvalue weighted by Gasteiger charge is -2.39. The van der Waals surface area contributed by atoms with E-state index in [2.05, 4.69) is 16.8 Å². The van der Waals surface area contributed by atoms with E-state index in [9.17, 15) is 5.11 Å². The highest BCUT2D eigenvalue weighted by Gasteiger charge is 2.30. The molecule has 1 aliphatic rings.